The Balaban J connectivity index is 2.46. The van der Waals surface area contributed by atoms with Gasteiger partial charge in [-0.05, 0) is 23.8 Å². The monoisotopic (exact) mass is 294 g/mol. The molecule has 0 saturated heterocycles. The van der Waals surface area contributed by atoms with E-state index in [1.807, 2.05) is 30.3 Å². The molecule has 0 amide bonds. The first kappa shape index (κ1) is 12.2. The summed E-state index contributed by atoms with van der Waals surface area (Å²) in [5, 5.41) is 0. The fourth-order valence-corrected chi connectivity index (χ4v) is 2.13. The van der Waals surface area contributed by atoms with Crippen LogP contribution in [-0.4, -0.2) is 0 Å². The molecule has 1 atom stereocenters. The Morgan fingerprint density at radius 1 is 1.12 bits per heavy atom. The number of nitrogens with two attached hydrogens (primary N) is 1. The van der Waals surface area contributed by atoms with Gasteiger partial charge in [-0.3, -0.25) is 5.84 Å². The number of hydrogen-bond donors (Lipinski definition) is 2. The molecule has 2 nitrogen and oxygen atoms in total. The lowest BCUT2D eigenvalue weighted by Crippen LogP contribution is -2.29. The highest BCUT2D eigenvalue weighted by molar-refractivity contribution is 9.10. The maximum atomic E-state index is 13.8. The van der Waals surface area contributed by atoms with Crippen LogP contribution in [0.2, 0.25) is 0 Å². The van der Waals surface area contributed by atoms with Crippen LogP contribution in [0.15, 0.2) is 53.0 Å². The van der Waals surface area contributed by atoms with E-state index < -0.39 is 0 Å². The summed E-state index contributed by atoms with van der Waals surface area (Å²) in [6.45, 7) is 0. The van der Waals surface area contributed by atoms with E-state index in [-0.39, 0.29) is 11.9 Å². The first-order chi connectivity index (χ1) is 8.22. The Kier molecular flexibility index (Phi) is 3.89. The van der Waals surface area contributed by atoms with Crippen molar-refractivity contribution in [1.29, 1.82) is 0 Å². The first-order valence-corrected chi connectivity index (χ1v) is 5.97. The number of hydrazine groups is 1. The van der Waals surface area contributed by atoms with Crippen LogP contribution in [-0.2, 0) is 0 Å². The molecule has 2 aromatic carbocycles. The molecule has 0 aliphatic rings. The van der Waals surface area contributed by atoms with Crippen molar-refractivity contribution < 1.29 is 4.39 Å². The standard InChI is InChI=1S/C13H12BrFN2/c14-10-6-7-12(15)11(8-10)13(17-16)9-4-2-1-3-5-9/h1-8,13,17H,16H2. The largest absolute Gasteiger partial charge is 0.271 e. The van der Waals surface area contributed by atoms with Gasteiger partial charge in [-0.25, -0.2) is 9.82 Å². The minimum Gasteiger partial charge on any atom is -0.271 e. The van der Waals surface area contributed by atoms with Gasteiger partial charge >= 0.3 is 0 Å². The third kappa shape index (κ3) is 2.72. The van der Waals surface area contributed by atoms with Gasteiger partial charge in [0.25, 0.3) is 0 Å². The average molecular weight is 295 g/mol. The second-order valence-corrected chi connectivity index (χ2v) is 4.59. The molecule has 17 heavy (non-hydrogen) atoms. The van der Waals surface area contributed by atoms with Crippen LogP contribution < -0.4 is 11.3 Å². The molecule has 0 spiro atoms. The summed E-state index contributed by atoms with van der Waals surface area (Å²) < 4.78 is 14.6. The Hall–Kier alpha value is -1.23. The highest BCUT2D eigenvalue weighted by Gasteiger charge is 2.16. The summed E-state index contributed by atoms with van der Waals surface area (Å²) in [7, 11) is 0. The molecule has 0 heterocycles. The summed E-state index contributed by atoms with van der Waals surface area (Å²) in [5.41, 5.74) is 4.09. The summed E-state index contributed by atoms with van der Waals surface area (Å²) >= 11 is 3.33. The molecular weight excluding hydrogens is 283 g/mol. The van der Waals surface area contributed by atoms with Crippen molar-refractivity contribution >= 4 is 15.9 Å². The summed E-state index contributed by atoms with van der Waals surface area (Å²) in [6.07, 6.45) is 0. The number of hydrogen-bond acceptors (Lipinski definition) is 2. The summed E-state index contributed by atoms with van der Waals surface area (Å²) in [5.74, 6) is 5.25. The van der Waals surface area contributed by atoms with Gasteiger partial charge in [0.2, 0.25) is 0 Å². The minimum atomic E-state index is -0.353. The van der Waals surface area contributed by atoms with E-state index >= 15 is 0 Å². The van der Waals surface area contributed by atoms with E-state index in [1.54, 1.807) is 12.1 Å². The van der Waals surface area contributed by atoms with Crippen molar-refractivity contribution in [1.82, 2.24) is 5.43 Å². The van der Waals surface area contributed by atoms with E-state index in [2.05, 4.69) is 21.4 Å². The Morgan fingerprint density at radius 3 is 2.47 bits per heavy atom. The molecule has 0 saturated carbocycles. The second kappa shape index (κ2) is 5.40. The van der Waals surface area contributed by atoms with Crippen LogP contribution in [0.3, 0.4) is 0 Å². The second-order valence-electron chi connectivity index (χ2n) is 3.68. The minimum absolute atomic E-state index is 0.278. The average Bonchev–Trinajstić information content (AvgIpc) is 2.36. The predicted molar refractivity (Wildman–Crippen MR) is 69.7 cm³/mol. The molecule has 0 radical (unpaired) electrons. The van der Waals surface area contributed by atoms with Crippen LogP contribution in [0.5, 0.6) is 0 Å². The van der Waals surface area contributed by atoms with Crippen molar-refractivity contribution in [3.8, 4) is 0 Å². The van der Waals surface area contributed by atoms with Crippen molar-refractivity contribution in [2.24, 2.45) is 5.84 Å². The smallest absolute Gasteiger partial charge is 0.128 e. The van der Waals surface area contributed by atoms with Crippen molar-refractivity contribution in [2.75, 3.05) is 0 Å². The molecule has 1 unspecified atom stereocenters. The van der Waals surface area contributed by atoms with Gasteiger partial charge < -0.3 is 0 Å². The van der Waals surface area contributed by atoms with Gasteiger partial charge in [0.1, 0.15) is 5.82 Å². The van der Waals surface area contributed by atoms with Crippen LogP contribution in [0, 0.1) is 5.82 Å². The fraction of sp³-hybridized carbons (Fsp3) is 0.0769. The molecule has 4 heteroatoms. The molecule has 88 valence electrons. The van der Waals surface area contributed by atoms with E-state index in [1.165, 1.54) is 6.07 Å². The Morgan fingerprint density at radius 2 is 1.82 bits per heavy atom. The van der Waals surface area contributed by atoms with Crippen molar-refractivity contribution in [3.63, 3.8) is 0 Å². The van der Waals surface area contributed by atoms with Crippen molar-refractivity contribution in [2.45, 2.75) is 6.04 Å². The number of rotatable bonds is 3. The van der Waals surface area contributed by atoms with Crippen LogP contribution in [0.25, 0.3) is 0 Å². The van der Waals surface area contributed by atoms with Gasteiger partial charge in [-0.1, -0.05) is 46.3 Å². The molecule has 0 bridgehead atoms. The fourth-order valence-electron chi connectivity index (χ4n) is 1.75. The SMILES string of the molecule is NNC(c1ccccc1)c1cc(Br)ccc1F. The first-order valence-electron chi connectivity index (χ1n) is 5.18. The zero-order valence-electron chi connectivity index (χ0n) is 9.03. The number of benzene rings is 2. The number of nitrogens with one attached hydrogen (secondary N) is 1. The molecule has 2 rings (SSSR count). The van der Waals surface area contributed by atoms with Crippen LogP contribution >= 0.6 is 15.9 Å². The third-order valence-corrected chi connectivity index (χ3v) is 3.06. The van der Waals surface area contributed by atoms with Crippen molar-refractivity contribution in [3.05, 3.63) is 69.9 Å². The molecular formula is C13H12BrFN2. The maximum Gasteiger partial charge on any atom is 0.128 e. The van der Waals surface area contributed by atoms with E-state index in [9.17, 15) is 4.39 Å². The Labute approximate surface area is 108 Å². The molecule has 0 fully saturated rings. The van der Waals surface area contributed by atoms with E-state index in [4.69, 9.17) is 5.84 Å². The lowest BCUT2D eigenvalue weighted by atomic mass is 9.99. The number of halogens is 2. The lowest BCUT2D eigenvalue weighted by Gasteiger charge is -2.17. The van der Waals surface area contributed by atoms with E-state index in [0.717, 1.165) is 10.0 Å². The zero-order chi connectivity index (χ0) is 12.3. The van der Waals surface area contributed by atoms with Crippen LogP contribution in [0.4, 0.5) is 4.39 Å². The Bertz CT molecular complexity index is 502. The summed E-state index contributed by atoms with van der Waals surface area (Å²) in [4.78, 5) is 0. The van der Waals surface area contributed by atoms with E-state index in [0.29, 0.717) is 5.56 Å². The highest BCUT2D eigenvalue weighted by Crippen LogP contribution is 2.26. The third-order valence-electron chi connectivity index (χ3n) is 2.57. The van der Waals surface area contributed by atoms with Gasteiger partial charge in [-0.15, -0.1) is 0 Å². The molecule has 0 aromatic heterocycles. The maximum absolute atomic E-state index is 13.8. The predicted octanol–water partition coefficient (Wildman–Crippen LogP) is 3.14. The lowest BCUT2D eigenvalue weighted by molar-refractivity contribution is 0.560. The molecule has 0 aliphatic heterocycles. The molecule has 0 aliphatic carbocycles. The summed E-state index contributed by atoms with van der Waals surface area (Å²) in [6, 6.07) is 14.0. The van der Waals surface area contributed by atoms with Gasteiger partial charge in [0, 0.05) is 10.0 Å². The topological polar surface area (TPSA) is 38.0 Å². The van der Waals surface area contributed by atoms with Crippen LogP contribution in [0.1, 0.15) is 17.2 Å². The highest BCUT2D eigenvalue weighted by atomic mass is 79.9. The molecule has 3 N–H and O–H groups in total. The molecule has 2 aromatic rings. The quantitative estimate of drug-likeness (QED) is 0.674. The van der Waals surface area contributed by atoms with Gasteiger partial charge in [-0.2, -0.15) is 0 Å². The zero-order valence-corrected chi connectivity index (χ0v) is 10.6. The normalized spacial score (nSPS) is 12.4. The van der Waals surface area contributed by atoms with Gasteiger partial charge in [0.15, 0.2) is 0 Å². The van der Waals surface area contributed by atoms with Gasteiger partial charge in [0.05, 0.1) is 6.04 Å².